The van der Waals surface area contributed by atoms with Gasteiger partial charge in [0.15, 0.2) is 0 Å². The first-order valence-electron chi connectivity index (χ1n) is 9.99. The Morgan fingerprint density at radius 2 is 1.78 bits per heavy atom. The molecule has 0 aromatic heterocycles. The molecule has 2 fully saturated rings. The summed E-state index contributed by atoms with van der Waals surface area (Å²) in [4.78, 5) is 0. The summed E-state index contributed by atoms with van der Waals surface area (Å²) in [5, 5.41) is 10.6. The van der Waals surface area contributed by atoms with Gasteiger partial charge in [-0.05, 0) is 79.3 Å². The number of hydrogen-bond donors (Lipinski definition) is 1. The van der Waals surface area contributed by atoms with Crippen molar-refractivity contribution in [2.75, 3.05) is 7.11 Å². The highest BCUT2D eigenvalue weighted by atomic mass is 16.5. The molecule has 4 rings (SSSR count). The summed E-state index contributed by atoms with van der Waals surface area (Å²) >= 11 is 0. The number of aliphatic hydroxyl groups is 1. The largest absolute Gasteiger partial charge is 0.497 e. The summed E-state index contributed by atoms with van der Waals surface area (Å²) in [6, 6.07) is 16.8. The summed E-state index contributed by atoms with van der Waals surface area (Å²) < 4.78 is 11.9. The number of rotatable bonds is 3. The number of aliphatic hydroxyl groups excluding tert-OH is 1. The van der Waals surface area contributed by atoms with Crippen molar-refractivity contribution in [1.29, 1.82) is 0 Å². The minimum absolute atomic E-state index is 0.0272. The van der Waals surface area contributed by atoms with Gasteiger partial charge in [-0.3, -0.25) is 0 Å². The van der Waals surface area contributed by atoms with Crippen LogP contribution >= 0.6 is 0 Å². The van der Waals surface area contributed by atoms with Crippen molar-refractivity contribution in [3.05, 3.63) is 54.1 Å². The molecule has 3 nitrogen and oxygen atoms in total. The molecule has 144 valence electrons. The Hall–Kier alpha value is -1.84. The van der Waals surface area contributed by atoms with Crippen molar-refractivity contribution in [2.45, 2.75) is 51.4 Å². The molecule has 27 heavy (non-hydrogen) atoms. The van der Waals surface area contributed by atoms with Crippen LogP contribution in [-0.2, 0) is 4.74 Å². The van der Waals surface area contributed by atoms with E-state index in [0.29, 0.717) is 11.8 Å². The minimum atomic E-state index is -0.232. The normalized spacial score (nSPS) is 32.1. The van der Waals surface area contributed by atoms with Crippen LogP contribution < -0.4 is 4.74 Å². The number of benzene rings is 2. The van der Waals surface area contributed by atoms with Crippen LogP contribution in [0.4, 0.5) is 0 Å². The van der Waals surface area contributed by atoms with Crippen LogP contribution in [0.1, 0.15) is 45.3 Å². The predicted molar refractivity (Wildman–Crippen MR) is 108 cm³/mol. The summed E-state index contributed by atoms with van der Waals surface area (Å²) in [6.07, 6.45) is 1.77. The van der Waals surface area contributed by atoms with Gasteiger partial charge in [0.2, 0.25) is 0 Å². The molecule has 0 radical (unpaired) electrons. The maximum absolute atomic E-state index is 10.6. The van der Waals surface area contributed by atoms with Gasteiger partial charge in [0.1, 0.15) is 5.75 Å². The van der Waals surface area contributed by atoms with Gasteiger partial charge in [-0.1, -0.05) is 37.3 Å². The molecule has 1 aliphatic heterocycles. The van der Waals surface area contributed by atoms with Crippen molar-refractivity contribution >= 4 is 0 Å². The number of ether oxygens (including phenoxy) is 2. The second-order valence-electron chi connectivity index (χ2n) is 8.75. The molecule has 2 unspecified atom stereocenters. The third-order valence-electron chi connectivity index (χ3n) is 6.81. The summed E-state index contributed by atoms with van der Waals surface area (Å²) in [6.45, 7) is 6.53. The zero-order valence-corrected chi connectivity index (χ0v) is 16.7. The van der Waals surface area contributed by atoms with Gasteiger partial charge in [0.05, 0.1) is 24.9 Å². The first kappa shape index (κ1) is 18.5. The number of methoxy groups -OCH3 is 1. The van der Waals surface area contributed by atoms with Gasteiger partial charge >= 0.3 is 0 Å². The smallest absolute Gasteiger partial charge is 0.118 e. The Balaban J connectivity index is 1.67. The summed E-state index contributed by atoms with van der Waals surface area (Å²) in [5.41, 5.74) is 3.35. The highest BCUT2D eigenvalue weighted by Gasteiger charge is 2.50. The predicted octanol–water partition coefficient (Wildman–Crippen LogP) is 5.24. The lowest BCUT2D eigenvalue weighted by atomic mass is 9.63. The Morgan fingerprint density at radius 1 is 1.04 bits per heavy atom. The lowest BCUT2D eigenvalue weighted by Crippen LogP contribution is -2.52. The van der Waals surface area contributed by atoms with Crippen molar-refractivity contribution in [2.24, 2.45) is 17.8 Å². The van der Waals surface area contributed by atoms with E-state index >= 15 is 0 Å². The highest BCUT2D eigenvalue weighted by Crippen LogP contribution is 2.53. The molecule has 1 saturated carbocycles. The first-order chi connectivity index (χ1) is 12.9. The van der Waals surface area contributed by atoms with E-state index in [1.54, 1.807) is 7.11 Å². The van der Waals surface area contributed by atoms with Gasteiger partial charge < -0.3 is 14.6 Å². The molecule has 1 aliphatic carbocycles. The molecular weight excluding hydrogens is 336 g/mol. The fourth-order valence-corrected chi connectivity index (χ4v) is 4.90. The first-order valence-corrected chi connectivity index (χ1v) is 9.99. The molecule has 1 saturated heterocycles. The van der Waals surface area contributed by atoms with Gasteiger partial charge in [0.25, 0.3) is 0 Å². The molecule has 2 aromatic carbocycles. The zero-order chi connectivity index (χ0) is 19.2. The van der Waals surface area contributed by atoms with Crippen LogP contribution in [0.25, 0.3) is 11.1 Å². The Kier molecular flexibility index (Phi) is 4.77. The SMILES string of the molecule is COc1ccc(-c2cccc([C@@H]3OC(C)(C)C4CC3[C@H](C)[C@@H](O)C4)c2)cc1. The summed E-state index contributed by atoms with van der Waals surface area (Å²) in [7, 11) is 1.69. The molecule has 2 aliphatic rings. The molecule has 0 amide bonds. The van der Waals surface area contributed by atoms with E-state index in [4.69, 9.17) is 9.47 Å². The lowest BCUT2D eigenvalue weighted by molar-refractivity contribution is -0.215. The van der Waals surface area contributed by atoms with Crippen molar-refractivity contribution in [3.63, 3.8) is 0 Å². The number of hydrogen-bond acceptors (Lipinski definition) is 3. The molecule has 2 aromatic rings. The molecule has 2 bridgehead atoms. The molecule has 3 heteroatoms. The molecule has 1 heterocycles. The van der Waals surface area contributed by atoms with E-state index < -0.39 is 0 Å². The van der Waals surface area contributed by atoms with Gasteiger partial charge in [-0.25, -0.2) is 0 Å². The average Bonchev–Trinajstić information content (AvgIpc) is 2.68. The zero-order valence-electron chi connectivity index (χ0n) is 16.7. The van der Waals surface area contributed by atoms with Crippen LogP contribution in [0.3, 0.4) is 0 Å². The van der Waals surface area contributed by atoms with Crippen LogP contribution in [0.5, 0.6) is 5.75 Å². The Bertz CT molecular complexity index is 796. The molecular formula is C24H30O3. The van der Waals surface area contributed by atoms with E-state index in [2.05, 4.69) is 57.2 Å². The molecule has 0 spiro atoms. The fourth-order valence-electron chi connectivity index (χ4n) is 4.90. The van der Waals surface area contributed by atoms with Crippen LogP contribution in [-0.4, -0.2) is 23.9 Å². The van der Waals surface area contributed by atoms with Gasteiger partial charge in [-0.15, -0.1) is 0 Å². The van der Waals surface area contributed by atoms with Crippen LogP contribution in [0.2, 0.25) is 0 Å². The molecule has 1 N–H and O–H groups in total. The molecule has 5 atom stereocenters. The third kappa shape index (κ3) is 3.39. The standard InChI is InChI=1S/C24H30O3/c1-15-21-13-19(14-22(15)25)24(2,3)27-23(21)18-7-5-6-17(12-18)16-8-10-20(26-4)11-9-16/h5-12,15,19,21-23,25H,13-14H2,1-4H3/t15-,19?,21?,22-,23-/m0/s1. The third-order valence-corrected chi connectivity index (χ3v) is 6.81. The minimum Gasteiger partial charge on any atom is -0.497 e. The summed E-state index contributed by atoms with van der Waals surface area (Å²) in [5.74, 6) is 1.91. The fraction of sp³-hybridized carbons (Fsp3) is 0.500. The average molecular weight is 367 g/mol. The Labute approximate surface area is 162 Å². The second kappa shape index (κ2) is 6.96. The van der Waals surface area contributed by atoms with Gasteiger partial charge in [0, 0.05) is 0 Å². The van der Waals surface area contributed by atoms with Crippen molar-refractivity contribution in [1.82, 2.24) is 0 Å². The van der Waals surface area contributed by atoms with E-state index in [0.717, 1.165) is 18.6 Å². The van der Waals surface area contributed by atoms with E-state index in [9.17, 15) is 5.11 Å². The van der Waals surface area contributed by atoms with Crippen molar-refractivity contribution < 1.29 is 14.6 Å². The second-order valence-corrected chi connectivity index (χ2v) is 8.75. The lowest BCUT2D eigenvalue weighted by Gasteiger charge is -2.53. The van der Waals surface area contributed by atoms with E-state index in [-0.39, 0.29) is 23.7 Å². The Morgan fingerprint density at radius 3 is 2.48 bits per heavy atom. The van der Waals surface area contributed by atoms with E-state index in [1.165, 1.54) is 16.7 Å². The van der Waals surface area contributed by atoms with Crippen LogP contribution in [0.15, 0.2) is 48.5 Å². The van der Waals surface area contributed by atoms with Gasteiger partial charge in [-0.2, -0.15) is 0 Å². The van der Waals surface area contributed by atoms with E-state index in [1.807, 2.05) is 12.1 Å². The number of fused-ring (bicyclic) bond motifs is 2. The highest BCUT2D eigenvalue weighted by molar-refractivity contribution is 5.65. The monoisotopic (exact) mass is 366 g/mol. The maximum Gasteiger partial charge on any atom is 0.118 e. The maximum atomic E-state index is 10.6. The quantitative estimate of drug-likeness (QED) is 0.808. The topological polar surface area (TPSA) is 38.7 Å². The van der Waals surface area contributed by atoms with Crippen LogP contribution in [0, 0.1) is 17.8 Å². The van der Waals surface area contributed by atoms with Crippen molar-refractivity contribution in [3.8, 4) is 16.9 Å².